The summed E-state index contributed by atoms with van der Waals surface area (Å²) in [6.45, 7) is 3.35. The fourth-order valence-corrected chi connectivity index (χ4v) is 1.14. The van der Waals surface area contributed by atoms with Crippen LogP contribution in [0.3, 0.4) is 0 Å². The summed E-state index contributed by atoms with van der Waals surface area (Å²) in [5.41, 5.74) is -0.0586. The van der Waals surface area contributed by atoms with Gasteiger partial charge in [-0.05, 0) is 19.9 Å². The van der Waals surface area contributed by atoms with Crippen LogP contribution in [-0.4, -0.2) is 17.6 Å². The summed E-state index contributed by atoms with van der Waals surface area (Å²) in [7, 11) is 0. The molecule has 0 spiro atoms. The Morgan fingerprint density at radius 2 is 2.27 bits per heavy atom. The number of aromatic nitrogens is 1. The molecule has 0 amide bonds. The minimum Gasteiger partial charge on any atom is -0.462 e. The molecule has 5 heteroatoms. The molecule has 0 aliphatic rings. The Morgan fingerprint density at radius 3 is 2.80 bits per heavy atom. The van der Waals surface area contributed by atoms with E-state index in [0.29, 0.717) is 5.69 Å². The summed E-state index contributed by atoms with van der Waals surface area (Å²) in [6, 6.07) is 1.19. The maximum atomic E-state index is 12.6. The van der Waals surface area contributed by atoms with Crippen molar-refractivity contribution in [2.24, 2.45) is 0 Å². The monoisotopic (exact) mass is 215 g/mol. The molecule has 0 saturated carbocycles. The van der Waals surface area contributed by atoms with Gasteiger partial charge in [-0.25, -0.2) is 13.6 Å². The van der Waals surface area contributed by atoms with Crippen molar-refractivity contribution in [3.05, 3.63) is 29.1 Å². The molecular weight excluding hydrogens is 204 g/mol. The molecule has 0 fully saturated rings. The molecule has 0 bridgehead atoms. The van der Waals surface area contributed by atoms with Gasteiger partial charge in [0.05, 0.1) is 12.2 Å². The highest BCUT2D eigenvalue weighted by molar-refractivity contribution is 5.90. The van der Waals surface area contributed by atoms with E-state index in [9.17, 15) is 13.6 Å². The third kappa shape index (κ3) is 2.71. The molecule has 0 saturated heterocycles. The number of rotatable bonds is 3. The van der Waals surface area contributed by atoms with Gasteiger partial charge in [-0.3, -0.25) is 4.98 Å². The number of hydrogen-bond acceptors (Lipinski definition) is 3. The second-order valence-corrected chi connectivity index (χ2v) is 2.93. The molecule has 82 valence electrons. The number of pyridine rings is 1. The summed E-state index contributed by atoms with van der Waals surface area (Å²) in [5, 5.41) is 0. The second kappa shape index (κ2) is 4.82. The Bertz CT molecular complexity index is 366. The van der Waals surface area contributed by atoms with Crippen LogP contribution in [0.4, 0.5) is 8.78 Å². The Morgan fingerprint density at radius 1 is 1.60 bits per heavy atom. The fourth-order valence-electron chi connectivity index (χ4n) is 1.14. The molecule has 0 aliphatic carbocycles. The number of carbonyl (C=O) groups is 1. The first kappa shape index (κ1) is 11.6. The van der Waals surface area contributed by atoms with Crippen LogP contribution in [0.2, 0.25) is 0 Å². The minimum absolute atomic E-state index is 0.148. The number of esters is 1. The standard InChI is InChI=1S/C10H11F2NO2/c1-3-15-10(14)8-5-13-6(2)4-7(8)9(11)12/h4-5,9H,3H2,1-2H3. The second-order valence-electron chi connectivity index (χ2n) is 2.93. The Labute approximate surface area is 86.1 Å². The molecule has 1 aromatic heterocycles. The van der Waals surface area contributed by atoms with Gasteiger partial charge in [-0.2, -0.15) is 0 Å². The van der Waals surface area contributed by atoms with Crippen molar-refractivity contribution in [3.63, 3.8) is 0 Å². The zero-order valence-corrected chi connectivity index (χ0v) is 8.46. The maximum Gasteiger partial charge on any atom is 0.340 e. The van der Waals surface area contributed by atoms with Crippen molar-refractivity contribution in [1.29, 1.82) is 0 Å². The molecule has 1 aromatic rings. The molecular formula is C10H11F2NO2. The lowest BCUT2D eigenvalue weighted by atomic mass is 10.1. The number of carbonyl (C=O) groups excluding carboxylic acids is 1. The number of aryl methyl sites for hydroxylation is 1. The van der Waals surface area contributed by atoms with Crippen molar-refractivity contribution in [2.75, 3.05) is 6.61 Å². The summed E-state index contributed by atoms with van der Waals surface area (Å²) in [4.78, 5) is 15.1. The van der Waals surface area contributed by atoms with E-state index >= 15 is 0 Å². The van der Waals surface area contributed by atoms with E-state index < -0.39 is 12.4 Å². The van der Waals surface area contributed by atoms with Gasteiger partial charge in [0.2, 0.25) is 0 Å². The van der Waals surface area contributed by atoms with Crippen LogP contribution >= 0.6 is 0 Å². The Hall–Kier alpha value is -1.52. The van der Waals surface area contributed by atoms with E-state index in [0.717, 1.165) is 6.20 Å². The van der Waals surface area contributed by atoms with Crippen LogP contribution in [0.15, 0.2) is 12.3 Å². The number of ether oxygens (including phenoxy) is 1. The largest absolute Gasteiger partial charge is 0.462 e. The third-order valence-electron chi connectivity index (χ3n) is 1.80. The van der Waals surface area contributed by atoms with E-state index in [2.05, 4.69) is 9.72 Å². The molecule has 0 atom stereocenters. The van der Waals surface area contributed by atoms with Crippen LogP contribution in [0.25, 0.3) is 0 Å². The number of nitrogens with zero attached hydrogens (tertiary/aromatic N) is 1. The molecule has 3 nitrogen and oxygen atoms in total. The highest BCUT2D eigenvalue weighted by Crippen LogP contribution is 2.23. The van der Waals surface area contributed by atoms with Crippen LogP contribution in [-0.2, 0) is 4.74 Å². The number of halogens is 2. The van der Waals surface area contributed by atoms with Crippen LogP contribution in [0.5, 0.6) is 0 Å². The smallest absolute Gasteiger partial charge is 0.340 e. The van der Waals surface area contributed by atoms with Gasteiger partial charge in [-0.15, -0.1) is 0 Å². The Balaban J connectivity index is 3.11. The van der Waals surface area contributed by atoms with Gasteiger partial charge in [0.15, 0.2) is 0 Å². The van der Waals surface area contributed by atoms with Gasteiger partial charge < -0.3 is 4.74 Å². The van der Waals surface area contributed by atoms with Gasteiger partial charge in [-0.1, -0.05) is 0 Å². The van der Waals surface area contributed by atoms with Gasteiger partial charge >= 0.3 is 5.97 Å². The summed E-state index contributed by atoms with van der Waals surface area (Å²) in [5.74, 6) is -0.764. The maximum absolute atomic E-state index is 12.6. The van der Waals surface area contributed by atoms with E-state index in [1.165, 1.54) is 6.07 Å². The first-order valence-electron chi connectivity index (χ1n) is 4.48. The van der Waals surface area contributed by atoms with E-state index in [-0.39, 0.29) is 17.7 Å². The zero-order valence-electron chi connectivity index (χ0n) is 8.46. The van der Waals surface area contributed by atoms with Crippen molar-refractivity contribution in [2.45, 2.75) is 20.3 Å². The van der Waals surface area contributed by atoms with Crippen LogP contribution in [0, 0.1) is 6.92 Å². The summed E-state index contributed by atoms with van der Waals surface area (Å²) < 4.78 is 29.8. The van der Waals surface area contributed by atoms with Gasteiger partial charge in [0, 0.05) is 17.5 Å². The molecule has 0 aliphatic heterocycles. The topological polar surface area (TPSA) is 39.2 Å². The minimum atomic E-state index is -2.70. The lowest BCUT2D eigenvalue weighted by molar-refractivity contribution is 0.0515. The highest BCUT2D eigenvalue weighted by atomic mass is 19.3. The lowest BCUT2D eigenvalue weighted by Crippen LogP contribution is -2.09. The van der Waals surface area contributed by atoms with E-state index in [1.54, 1.807) is 13.8 Å². The predicted molar refractivity (Wildman–Crippen MR) is 49.9 cm³/mol. The van der Waals surface area contributed by atoms with Gasteiger partial charge in [0.25, 0.3) is 6.43 Å². The molecule has 15 heavy (non-hydrogen) atoms. The summed E-state index contributed by atoms with van der Waals surface area (Å²) >= 11 is 0. The third-order valence-corrected chi connectivity index (χ3v) is 1.80. The average Bonchev–Trinajstić information content (AvgIpc) is 2.17. The van der Waals surface area contributed by atoms with Crippen LogP contribution < -0.4 is 0 Å². The quantitative estimate of drug-likeness (QED) is 0.727. The van der Waals surface area contributed by atoms with Crippen molar-refractivity contribution in [1.82, 2.24) is 4.98 Å². The summed E-state index contributed by atoms with van der Waals surface area (Å²) in [6.07, 6.45) is -1.58. The van der Waals surface area contributed by atoms with Crippen LogP contribution in [0.1, 0.15) is 35.0 Å². The fraction of sp³-hybridized carbons (Fsp3) is 0.400. The molecule has 1 rings (SSSR count). The number of hydrogen-bond donors (Lipinski definition) is 0. The molecule has 0 unspecified atom stereocenters. The molecule has 0 aromatic carbocycles. The Kier molecular flexibility index (Phi) is 3.71. The number of alkyl halides is 2. The van der Waals surface area contributed by atoms with Crippen molar-refractivity contribution in [3.8, 4) is 0 Å². The first-order chi connectivity index (χ1) is 7.06. The van der Waals surface area contributed by atoms with E-state index in [1.807, 2.05) is 0 Å². The van der Waals surface area contributed by atoms with Gasteiger partial charge in [0.1, 0.15) is 0 Å². The first-order valence-corrected chi connectivity index (χ1v) is 4.48. The normalized spacial score (nSPS) is 10.5. The average molecular weight is 215 g/mol. The molecule has 1 heterocycles. The SMILES string of the molecule is CCOC(=O)c1cnc(C)cc1C(F)F. The van der Waals surface area contributed by atoms with E-state index in [4.69, 9.17) is 0 Å². The lowest BCUT2D eigenvalue weighted by Gasteiger charge is -2.08. The van der Waals surface area contributed by atoms with Crippen molar-refractivity contribution >= 4 is 5.97 Å². The molecule has 0 N–H and O–H groups in total. The highest BCUT2D eigenvalue weighted by Gasteiger charge is 2.19. The predicted octanol–water partition coefficient (Wildman–Crippen LogP) is 2.50. The zero-order chi connectivity index (χ0) is 11.4. The molecule has 0 radical (unpaired) electrons. The van der Waals surface area contributed by atoms with Crippen molar-refractivity contribution < 1.29 is 18.3 Å².